The van der Waals surface area contributed by atoms with Gasteiger partial charge in [0.05, 0.1) is 0 Å². The Morgan fingerprint density at radius 2 is 2.00 bits per heavy atom. The summed E-state index contributed by atoms with van der Waals surface area (Å²) < 4.78 is 0. The molecule has 0 saturated heterocycles. The van der Waals surface area contributed by atoms with Crippen LogP contribution in [-0.4, -0.2) is 19.8 Å². The molecule has 72 valence electrons. The van der Waals surface area contributed by atoms with Gasteiger partial charge in [-0.05, 0) is 36.4 Å². The minimum absolute atomic E-state index is 1.14. The summed E-state index contributed by atoms with van der Waals surface area (Å²) in [6, 6.07) is 6.63. The molecule has 13 heavy (non-hydrogen) atoms. The van der Waals surface area contributed by atoms with E-state index in [2.05, 4.69) is 51.0 Å². The van der Waals surface area contributed by atoms with E-state index in [1.165, 1.54) is 16.1 Å². The van der Waals surface area contributed by atoms with Gasteiger partial charge in [-0.15, -0.1) is 11.8 Å². The Labute approximate surface area is 85.1 Å². The second kappa shape index (κ2) is 4.56. The molecular formula is C11H17NS. The Morgan fingerprint density at radius 3 is 2.46 bits per heavy atom. The van der Waals surface area contributed by atoms with Gasteiger partial charge in [0.25, 0.3) is 0 Å². The fourth-order valence-electron chi connectivity index (χ4n) is 1.39. The molecule has 1 nitrogen and oxygen atoms in total. The van der Waals surface area contributed by atoms with Crippen LogP contribution in [0.3, 0.4) is 0 Å². The summed E-state index contributed by atoms with van der Waals surface area (Å²) in [6.07, 6.45) is 0. The summed E-state index contributed by atoms with van der Waals surface area (Å²) in [5, 5.41) is 0. The molecule has 2 heteroatoms. The first-order valence-electron chi connectivity index (χ1n) is 4.56. The summed E-state index contributed by atoms with van der Waals surface area (Å²) >= 11 is 1.89. The van der Waals surface area contributed by atoms with Gasteiger partial charge in [-0.1, -0.05) is 6.92 Å². The number of hydrogen-bond acceptors (Lipinski definition) is 2. The molecule has 1 aromatic carbocycles. The molecular weight excluding hydrogens is 178 g/mol. The van der Waals surface area contributed by atoms with Crippen molar-refractivity contribution in [3.05, 3.63) is 23.8 Å². The third kappa shape index (κ3) is 2.66. The van der Waals surface area contributed by atoms with Gasteiger partial charge in [-0.3, -0.25) is 0 Å². The van der Waals surface area contributed by atoms with Crippen LogP contribution in [-0.2, 0) is 0 Å². The molecule has 0 atom stereocenters. The zero-order chi connectivity index (χ0) is 9.84. The second-order valence-electron chi connectivity index (χ2n) is 3.28. The molecule has 0 spiro atoms. The first-order chi connectivity index (χ1) is 6.15. The molecule has 0 heterocycles. The second-order valence-corrected chi connectivity index (χ2v) is 4.61. The number of anilines is 1. The van der Waals surface area contributed by atoms with E-state index in [0.29, 0.717) is 0 Å². The van der Waals surface area contributed by atoms with Crippen molar-refractivity contribution in [2.75, 3.05) is 24.7 Å². The molecule has 0 aliphatic heterocycles. The van der Waals surface area contributed by atoms with Crippen LogP contribution < -0.4 is 4.90 Å². The fourth-order valence-corrected chi connectivity index (χ4v) is 2.14. The van der Waals surface area contributed by atoms with Crippen molar-refractivity contribution in [2.24, 2.45) is 0 Å². The lowest BCUT2D eigenvalue weighted by molar-refractivity contribution is 1.11. The number of aryl methyl sites for hydroxylation is 1. The summed E-state index contributed by atoms with van der Waals surface area (Å²) in [5.74, 6) is 1.14. The zero-order valence-corrected chi connectivity index (χ0v) is 9.61. The van der Waals surface area contributed by atoms with Crippen LogP contribution in [0.5, 0.6) is 0 Å². The monoisotopic (exact) mass is 195 g/mol. The number of nitrogens with zero attached hydrogens (tertiary/aromatic N) is 1. The van der Waals surface area contributed by atoms with Crippen molar-refractivity contribution < 1.29 is 0 Å². The molecule has 0 unspecified atom stereocenters. The third-order valence-electron chi connectivity index (χ3n) is 1.96. The summed E-state index contributed by atoms with van der Waals surface area (Å²) in [7, 11) is 4.16. The van der Waals surface area contributed by atoms with Gasteiger partial charge in [0.1, 0.15) is 0 Å². The summed E-state index contributed by atoms with van der Waals surface area (Å²) in [6.45, 7) is 4.34. The van der Waals surface area contributed by atoms with Gasteiger partial charge >= 0.3 is 0 Å². The van der Waals surface area contributed by atoms with E-state index in [1.54, 1.807) is 0 Å². The van der Waals surface area contributed by atoms with Gasteiger partial charge in [-0.25, -0.2) is 0 Å². The van der Waals surface area contributed by atoms with E-state index >= 15 is 0 Å². The smallest absolute Gasteiger partial charge is 0.0391 e. The largest absolute Gasteiger partial charge is 0.377 e. The topological polar surface area (TPSA) is 3.24 Å². The minimum atomic E-state index is 1.14. The number of hydrogen-bond donors (Lipinski definition) is 0. The van der Waals surface area contributed by atoms with Crippen LogP contribution in [0, 0.1) is 6.92 Å². The van der Waals surface area contributed by atoms with Crippen LogP contribution in [0.15, 0.2) is 23.1 Å². The van der Waals surface area contributed by atoms with Crippen molar-refractivity contribution >= 4 is 17.4 Å². The lowest BCUT2D eigenvalue weighted by atomic mass is 10.2. The molecule has 1 rings (SSSR count). The van der Waals surface area contributed by atoms with E-state index in [1.807, 2.05) is 11.8 Å². The van der Waals surface area contributed by atoms with Gasteiger partial charge in [0, 0.05) is 24.7 Å². The SMILES string of the molecule is CCSc1ccc(N(C)C)c(C)c1. The van der Waals surface area contributed by atoms with Crippen LogP contribution >= 0.6 is 11.8 Å². The molecule has 0 saturated carbocycles. The average molecular weight is 195 g/mol. The van der Waals surface area contributed by atoms with Gasteiger partial charge in [0.15, 0.2) is 0 Å². The molecule has 0 amide bonds. The van der Waals surface area contributed by atoms with E-state index in [0.717, 1.165) is 5.75 Å². The molecule has 0 fully saturated rings. The highest BCUT2D eigenvalue weighted by molar-refractivity contribution is 7.99. The standard InChI is InChI=1S/C11H17NS/c1-5-13-10-6-7-11(12(3)4)9(2)8-10/h6-8H,5H2,1-4H3. The number of thioether (sulfide) groups is 1. The molecule has 0 radical (unpaired) electrons. The van der Waals surface area contributed by atoms with Crippen LogP contribution in [0.2, 0.25) is 0 Å². The van der Waals surface area contributed by atoms with Gasteiger partial charge < -0.3 is 4.90 Å². The normalized spacial score (nSPS) is 10.2. The van der Waals surface area contributed by atoms with E-state index in [9.17, 15) is 0 Å². The van der Waals surface area contributed by atoms with Crippen molar-refractivity contribution in [3.63, 3.8) is 0 Å². The van der Waals surface area contributed by atoms with E-state index < -0.39 is 0 Å². The molecule has 0 aliphatic rings. The first kappa shape index (κ1) is 10.5. The lowest BCUT2D eigenvalue weighted by Crippen LogP contribution is -2.09. The predicted molar refractivity (Wildman–Crippen MR) is 61.9 cm³/mol. The minimum Gasteiger partial charge on any atom is -0.377 e. The predicted octanol–water partition coefficient (Wildman–Crippen LogP) is 3.17. The summed E-state index contributed by atoms with van der Waals surface area (Å²) in [5.41, 5.74) is 2.66. The van der Waals surface area contributed by atoms with Crippen molar-refractivity contribution in [2.45, 2.75) is 18.7 Å². The average Bonchev–Trinajstić information content (AvgIpc) is 2.04. The Kier molecular flexibility index (Phi) is 3.67. The van der Waals surface area contributed by atoms with Gasteiger partial charge in [-0.2, -0.15) is 0 Å². The maximum Gasteiger partial charge on any atom is 0.0391 e. The van der Waals surface area contributed by atoms with Crippen molar-refractivity contribution in [1.82, 2.24) is 0 Å². The lowest BCUT2D eigenvalue weighted by Gasteiger charge is -2.16. The van der Waals surface area contributed by atoms with E-state index in [4.69, 9.17) is 0 Å². The molecule has 0 aliphatic carbocycles. The van der Waals surface area contributed by atoms with E-state index in [-0.39, 0.29) is 0 Å². The van der Waals surface area contributed by atoms with Crippen LogP contribution in [0.1, 0.15) is 12.5 Å². The fraction of sp³-hybridized carbons (Fsp3) is 0.455. The van der Waals surface area contributed by atoms with Crippen LogP contribution in [0.4, 0.5) is 5.69 Å². The molecule has 0 bridgehead atoms. The van der Waals surface area contributed by atoms with Crippen molar-refractivity contribution in [1.29, 1.82) is 0 Å². The molecule has 0 N–H and O–H groups in total. The number of rotatable bonds is 3. The Morgan fingerprint density at radius 1 is 1.31 bits per heavy atom. The third-order valence-corrected chi connectivity index (χ3v) is 2.84. The van der Waals surface area contributed by atoms with Gasteiger partial charge in [0.2, 0.25) is 0 Å². The highest BCUT2D eigenvalue weighted by atomic mass is 32.2. The summed E-state index contributed by atoms with van der Waals surface area (Å²) in [4.78, 5) is 3.51. The molecule has 0 aromatic heterocycles. The van der Waals surface area contributed by atoms with Crippen LogP contribution in [0.25, 0.3) is 0 Å². The highest BCUT2D eigenvalue weighted by Crippen LogP contribution is 2.24. The zero-order valence-electron chi connectivity index (χ0n) is 8.79. The Bertz CT molecular complexity index is 281. The maximum atomic E-state index is 2.25. The number of benzene rings is 1. The molecule has 1 aromatic rings. The quantitative estimate of drug-likeness (QED) is 0.682. The first-order valence-corrected chi connectivity index (χ1v) is 5.54. The Balaban J connectivity index is 2.92. The van der Waals surface area contributed by atoms with Crippen molar-refractivity contribution in [3.8, 4) is 0 Å². The highest BCUT2D eigenvalue weighted by Gasteiger charge is 2.00. The Hall–Kier alpha value is -0.630. The maximum absolute atomic E-state index is 2.25.